The van der Waals surface area contributed by atoms with Gasteiger partial charge in [-0.15, -0.1) is 0 Å². The van der Waals surface area contributed by atoms with Gasteiger partial charge in [0.1, 0.15) is 18.0 Å². The third-order valence-electron chi connectivity index (χ3n) is 4.59. The molecule has 0 aliphatic carbocycles. The molecule has 2 aromatic heterocycles. The SMILES string of the molecule is CC(=O)Nc1ccc(NC(=O)c2cccc(OCc3cn4cc(C)ccc4n3)c2)cc1. The van der Waals surface area contributed by atoms with Crippen molar-refractivity contribution < 1.29 is 14.3 Å². The van der Waals surface area contributed by atoms with E-state index >= 15 is 0 Å². The van der Waals surface area contributed by atoms with E-state index in [1.807, 2.05) is 35.9 Å². The van der Waals surface area contributed by atoms with Gasteiger partial charge in [0.2, 0.25) is 5.91 Å². The maximum absolute atomic E-state index is 12.6. The number of carbonyl (C=O) groups excluding carboxylic acids is 2. The minimum absolute atomic E-state index is 0.146. The van der Waals surface area contributed by atoms with E-state index < -0.39 is 0 Å². The Labute approximate surface area is 179 Å². The zero-order valence-electron chi connectivity index (χ0n) is 17.3. The average Bonchev–Trinajstić information content (AvgIpc) is 3.15. The second kappa shape index (κ2) is 8.71. The Morgan fingerprint density at radius 2 is 1.71 bits per heavy atom. The topological polar surface area (TPSA) is 84.7 Å². The highest BCUT2D eigenvalue weighted by Crippen LogP contribution is 2.18. The van der Waals surface area contributed by atoms with Crippen LogP contribution in [0.1, 0.15) is 28.5 Å². The van der Waals surface area contributed by atoms with E-state index in [1.165, 1.54) is 6.92 Å². The van der Waals surface area contributed by atoms with Gasteiger partial charge in [-0.2, -0.15) is 0 Å². The first kappa shape index (κ1) is 20.2. The normalized spacial score (nSPS) is 10.6. The third-order valence-corrected chi connectivity index (χ3v) is 4.59. The van der Waals surface area contributed by atoms with Gasteiger partial charge in [-0.3, -0.25) is 9.59 Å². The minimum Gasteiger partial charge on any atom is -0.487 e. The minimum atomic E-state index is -0.249. The molecule has 7 heteroatoms. The molecule has 2 amide bonds. The number of aromatic nitrogens is 2. The van der Waals surface area contributed by atoms with Crippen molar-refractivity contribution >= 4 is 28.8 Å². The summed E-state index contributed by atoms with van der Waals surface area (Å²) < 4.78 is 7.82. The molecule has 0 radical (unpaired) electrons. The quantitative estimate of drug-likeness (QED) is 0.489. The fourth-order valence-electron chi connectivity index (χ4n) is 3.15. The van der Waals surface area contributed by atoms with Gasteiger partial charge in [-0.25, -0.2) is 4.98 Å². The fourth-order valence-corrected chi connectivity index (χ4v) is 3.15. The first-order chi connectivity index (χ1) is 15.0. The molecule has 0 aliphatic rings. The van der Waals surface area contributed by atoms with Gasteiger partial charge >= 0.3 is 0 Å². The molecule has 2 aromatic carbocycles. The van der Waals surface area contributed by atoms with Gasteiger partial charge < -0.3 is 19.8 Å². The zero-order chi connectivity index (χ0) is 21.8. The second-order valence-electron chi connectivity index (χ2n) is 7.23. The van der Waals surface area contributed by atoms with Crippen LogP contribution in [0.3, 0.4) is 0 Å². The molecule has 31 heavy (non-hydrogen) atoms. The van der Waals surface area contributed by atoms with Gasteiger partial charge in [0.25, 0.3) is 5.91 Å². The summed E-state index contributed by atoms with van der Waals surface area (Å²) in [5.74, 6) is 0.190. The number of aryl methyl sites for hydroxylation is 1. The van der Waals surface area contributed by atoms with E-state index in [4.69, 9.17) is 4.74 Å². The van der Waals surface area contributed by atoms with Crippen molar-refractivity contribution in [2.24, 2.45) is 0 Å². The molecule has 0 unspecified atom stereocenters. The van der Waals surface area contributed by atoms with Crippen molar-refractivity contribution in [3.63, 3.8) is 0 Å². The van der Waals surface area contributed by atoms with E-state index in [9.17, 15) is 9.59 Å². The largest absolute Gasteiger partial charge is 0.487 e. The van der Waals surface area contributed by atoms with E-state index in [-0.39, 0.29) is 11.8 Å². The van der Waals surface area contributed by atoms with Crippen LogP contribution < -0.4 is 15.4 Å². The third kappa shape index (κ3) is 5.08. The molecule has 2 heterocycles. The summed E-state index contributed by atoms with van der Waals surface area (Å²) in [6, 6.07) is 17.9. The summed E-state index contributed by atoms with van der Waals surface area (Å²) in [7, 11) is 0. The molecule has 0 fully saturated rings. The second-order valence-corrected chi connectivity index (χ2v) is 7.23. The Balaban J connectivity index is 1.39. The number of nitrogens with one attached hydrogen (secondary N) is 2. The number of hydrogen-bond acceptors (Lipinski definition) is 4. The standard InChI is InChI=1S/C24H22N4O3/c1-16-6-11-23-26-21(14-28(23)13-16)15-31-22-5-3-4-18(12-22)24(30)27-20-9-7-19(8-10-20)25-17(2)29/h3-14H,15H2,1-2H3,(H,25,29)(H,27,30). The predicted octanol–water partition coefficient (Wildman–Crippen LogP) is 4.43. The summed E-state index contributed by atoms with van der Waals surface area (Å²) in [5, 5.41) is 5.53. The molecule has 0 spiro atoms. The van der Waals surface area contributed by atoms with E-state index in [0.29, 0.717) is 29.3 Å². The molecule has 0 aliphatic heterocycles. The molecule has 0 bridgehead atoms. The lowest BCUT2D eigenvalue weighted by Crippen LogP contribution is -2.12. The summed E-state index contributed by atoms with van der Waals surface area (Å²) in [6.45, 7) is 3.78. The van der Waals surface area contributed by atoms with Crippen LogP contribution in [-0.2, 0) is 11.4 Å². The van der Waals surface area contributed by atoms with Crippen LogP contribution >= 0.6 is 0 Å². The lowest BCUT2D eigenvalue weighted by molar-refractivity contribution is -0.114. The maximum Gasteiger partial charge on any atom is 0.255 e. The Kier molecular flexibility index (Phi) is 5.66. The van der Waals surface area contributed by atoms with Crippen LogP contribution in [0, 0.1) is 6.92 Å². The van der Waals surface area contributed by atoms with Crippen LogP contribution in [0.5, 0.6) is 5.75 Å². The highest BCUT2D eigenvalue weighted by molar-refractivity contribution is 6.04. The number of anilines is 2. The van der Waals surface area contributed by atoms with Crippen molar-refractivity contribution in [3.05, 3.63) is 89.9 Å². The smallest absolute Gasteiger partial charge is 0.255 e. The van der Waals surface area contributed by atoms with E-state index in [0.717, 1.165) is 16.9 Å². The van der Waals surface area contributed by atoms with Gasteiger partial charge in [0.15, 0.2) is 0 Å². The molecule has 4 rings (SSSR count). The molecule has 7 nitrogen and oxygen atoms in total. The number of carbonyl (C=O) groups is 2. The Hall–Kier alpha value is -4.13. The van der Waals surface area contributed by atoms with Crippen molar-refractivity contribution in [2.45, 2.75) is 20.5 Å². The summed E-state index contributed by atoms with van der Waals surface area (Å²) in [5.41, 5.74) is 4.60. The van der Waals surface area contributed by atoms with E-state index in [1.54, 1.807) is 48.5 Å². The number of pyridine rings is 1. The summed E-state index contributed by atoms with van der Waals surface area (Å²) >= 11 is 0. The lowest BCUT2D eigenvalue weighted by Gasteiger charge is -2.09. The fraction of sp³-hybridized carbons (Fsp3) is 0.125. The van der Waals surface area contributed by atoms with Crippen molar-refractivity contribution in [1.29, 1.82) is 0 Å². The predicted molar refractivity (Wildman–Crippen MR) is 119 cm³/mol. The first-order valence-corrected chi connectivity index (χ1v) is 9.82. The Morgan fingerprint density at radius 1 is 0.968 bits per heavy atom. The van der Waals surface area contributed by atoms with Gasteiger partial charge in [-0.1, -0.05) is 12.1 Å². The molecular weight excluding hydrogens is 392 g/mol. The molecule has 0 saturated carbocycles. The molecular formula is C24H22N4O3. The number of amides is 2. The monoisotopic (exact) mass is 414 g/mol. The molecule has 0 saturated heterocycles. The van der Waals surface area contributed by atoms with Crippen LogP contribution in [0.2, 0.25) is 0 Å². The number of hydrogen-bond donors (Lipinski definition) is 2. The van der Waals surface area contributed by atoms with Crippen molar-refractivity contribution in [2.75, 3.05) is 10.6 Å². The number of imidazole rings is 1. The number of fused-ring (bicyclic) bond motifs is 1. The van der Waals surface area contributed by atoms with Gasteiger partial charge in [0, 0.05) is 36.3 Å². The number of ether oxygens (including phenoxy) is 1. The number of nitrogens with zero attached hydrogens (tertiary/aromatic N) is 2. The Bertz CT molecular complexity index is 1250. The van der Waals surface area contributed by atoms with Gasteiger partial charge in [0.05, 0.1) is 5.69 Å². The highest BCUT2D eigenvalue weighted by atomic mass is 16.5. The van der Waals surface area contributed by atoms with Gasteiger partial charge in [-0.05, 0) is 61.0 Å². The molecule has 156 valence electrons. The summed E-state index contributed by atoms with van der Waals surface area (Å²) in [6.07, 6.45) is 3.95. The summed E-state index contributed by atoms with van der Waals surface area (Å²) in [4.78, 5) is 28.2. The van der Waals surface area contributed by atoms with Crippen LogP contribution in [0.25, 0.3) is 5.65 Å². The molecule has 4 aromatic rings. The van der Waals surface area contributed by atoms with Crippen LogP contribution in [0.15, 0.2) is 73.1 Å². The zero-order valence-corrected chi connectivity index (χ0v) is 17.3. The van der Waals surface area contributed by atoms with Crippen LogP contribution in [0.4, 0.5) is 11.4 Å². The van der Waals surface area contributed by atoms with E-state index in [2.05, 4.69) is 15.6 Å². The number of benzene rings is 2. The average molecular weight is 414 g/mol. The maximum atomic E-state index is 12.6. The van der Waals surface area contributed by atoms with Crippen molar-refractivity contribution in [3.8, 4) is 5.75 Å². The number of rotatable bonds is 6. The van der Waals surface area contributed by atoms with Crippen molar-refractivity contribution in [1.82, 2.24) is 9.38 Å². The highest BCUT2D eigenvalue weighted by Gasteiger charge is 2.09. The lowest BCUT2D eigenvalue weighted by atomic mass is 10.2. The van der Waals surface area contributed by atoms with Crippen LogP contribution in [-0.4, -0.2) is 21.2 Å². The molecule has 0 atom stereocenters. The first-order valence-electron chi connectivity index (χ1n) is 9.82. The Morgan fingerprint density at radius 3 is 2.45 bits per heavy atom. The molecule has 2 N–H and O–H groups in total.